The second-order valence-corrected chi connectivity index (χ2v) is 8.02. The molecule has 2 aliphatic rings. The summed E-state index contributed by atoms with van der Waals surface area (Å²) in [6, 6.07) is 8.24. The molecule has 1 saturated heterocycles. The Morgan fingerprint density at radius 1 is 1.25 bits per heavy atom. The zero-order valence-electron chi connectivity index (χ0n) is 17.1. The van der Waals surface area contributed by atoms with Crippen molar-refractivity contribution < 1.29 is 19.2 Å². The summed E-state index contributed by atoms with van der Waals surface area (Å²) in [5, 5.41) is 4.28. The Kier molecular flexibility index (Phi) is 6.50. The van der Waals surface area contributed by atoms with Crippen molar-refractivity contribution in [1.82, 2.24) is 4.90 Å². The molecule has 0 bridgehead atoms. The average molecular weight is 386 g/mol. The van der Waals surface area contributed by atoms with Crippen LogP contribution in [0.3, 0.4) is 0 Å². The highest BCUT2D eigenvalue weighted by atomic mass is 16.6. The number of carbonyl (C=O) groups excluding carboxylic acids is 2. The van der Waals surface area contributed by atoms with Crippen molar-refractivity contribution >= 4 is 17.5 Å². The molecule has 0 unspecified atom stereocenters. The Morgan fingerprint density at radius 3 is 2.54 bits per heavy atom. The quantitative estimate of drug-likeness (QED) is 0.674. The number of carbonyl (C=O) groups is 2. The van der Waals surface area contributed by atoms with Crippen molar-refractivity contribution in [3.63, 3.8) is 0 Å². The summed E-state index contributed by atoms with van der Waals surface area (Å²) < 4.78 is 5.42. The lowest BCUT2D eigenvalue weighted by Gasteiger charge is -2.40. The fourth-order valence-electron chi connectivity index (χ4n) is 4.12. The lowest BCUT2D eigenvalue weighted by atomic mass is 9.73. The molecule has 0 saturated carbocycles. The van der Waals surface area contributed by atoms with Crippen LogP contribution >= 0.6 is 0 Å². The van der Waals surface area contributed by atoms with Gasteiger partial charge >= 0.3 is 5.97 Å². The highest BCUT2D eigenvalue weighted by Gasteiger charge is 2.45. The van der Waals surface area contributed by atoms with Gasteiger partial charge in [-0.2, -0.15) is 0 Å². The van der Waals surface area contributed by atoms with Gasteiger partial charge in [-0.25, -0.2) is 0 Å². The second kappa shape index (κ2) is 8.86. The van der Waals surface area contributed by atoms with E-state index in [1.807, 2.05) is 6.92 Å². The molecule has 0 aliphatic carbocycles. The van der Waals surface area contributed by atoms with Crippen LogP contribution < -0.4 is 0 Å². The number of Topliss-reactive ketones (excluding diaryl/α,β-unsaturated/α-hetero) is 1. The van der Waals surface area contributed by atoms with Crippen molar-refractivity contribution in [3.8, 4) is 0 Å². The minimum absolute atomic E-state index is 0.125. The Labute approximate surface area is 166 Å². The Hall–Kier alpha value is -2.21. The fourth-order valence-corrected chi connectivity index (χ4v) is 4.12. The number of likely N-dealkylation sites (tertiary alicyclic amines) is 1. The number of rotatable bonds is 7. The molecule has 0 spiro atoms. The maximum Gasteiger partial charge on any atom is 0.312 e. The largest absolute Gasteiger partial charge is 0.466 e. The molecule has 1 aromatic carbocycles. The van der Waals surface area contributed by atoms with Crippen LogP contribution in [0.1, 0.15) is 50.7 Å². The molecule has 2 heterocycles. The molecule has 6 heteroatoms. The van der Waals surface area contributed by atoms with Crippen molar-refractivity contribution in [2.24, 2.45) is 10.6 Å². The number of nitrogens with zero attached hydrogens (tertiary/aromatic N) is 2. The number of benzene rings is 1. The first-order valence-corrected chi connectivity index (χ1v) is 10.1. The van der Waals surface area contributed by atoms with E-state index in [9.17, 15) is 9.59 Å². The molecular formula is C22H30N2O4. The Morgan fingerprint density at radius 2 is 1.93 bits per heavy atom. The van der Waals surface area contributed by atoms with E-state index >= 15 is 0 Å². The lowest BCUT2D eigenvalue weighted by Crippen LogP contribution is -2.47. The first-order valence-electron chi connectivity index (χ1n) is 10.1. The summed E-state index contributed by atoms with van der Waals surface area (Å²) in [6.45, 7) is 7.74. The van der Waals surface area contributed by atoms with Crippen LogP contribution in [0.4, 0.5) is 0 Å². The first kappa shape index (κ1) is 20.5. The minimum Gasteiger partial charge on any atom is -0.466 e. The topological polar surface area (TPSA) is 68.2 Å². The normalized spacial score (nSPS) is 21.7. The summed E-state index contributed by atoms with van der Waals surface area (Å²) in [6.07, 6.45) is 2.53. The molecule has 1 fully saturated rings. The number of ether oxygens (including phenoxy) is 1. The Balaban J connectivity index is 1.65. The maximum absolute atomic E-state index is 12.8. The summed E-state index contributed by atoms with van der Waals surface area (Å²) >= 11 is 0. The average Bonchev–Trinajstić information content (AvgIpc) is 3.12. The van der Waals surface area contributed by atoms with Gasteiger partial charge in [0.25, 0.3) is 0 Å². The predicted molar refractivity (Wildman–Crippen MR) is 107 cm³/mol. The molecule has 0 radical (unpaired) electrons. The number of hydrogen-bond acceptors (Lipinski definition) is 6. The second-order valence-electron chi connectivity index (χ2n) is 8.02. The van der Waals surface area contributed by atoms with Crippen LogP contribution in [0.25, 0.3) is 0 Å². The number of oxime groups is 1. The third-order valence-corrected chi connectivity index (χ3v) is 5.70. The van der Waals surface area contributed by atoms with E-state index in [-0.39, 0.29) is 17.9 Å². The summed E-state index contributed by atoms with van der Waals surface area (Å²) in [7, 11) is 0. The van der Waals surface area contributed by atoms with Crippen molar-refractivity contribution in [2.45, 2.75) is 52.6 Å². The zero-order valence-corrected chi connectivity index (χ0v) is 17.1. The molecule has 3 rings (SSSR count). The van der Waals surface area contributed by atoms with Gasteiger partial charge in [-0.05, 0) is 52.3 Å². The molecule has 6 nitrogen and oxygen atoms in total. The molecule has 0 aromatic heterocycles. The number of piperidine rings is 1. The number of hydrogen-bond donors (Lipinski definition) is 0. The van der Waals surface area contributed by atoms with Gasteiger partial charge in [0, 0.05) is 12.8 Å². The van der Waals surface area contributed by atoms with Gasteiger partial charge in [0.1, 0.15) is 11.9 Å². The molecule has 1 aromatic rings. The summed E-state index contributed by atoms with van der Waals surface area (Å²) in [5.74, 6) is 0.00348. The monoisotopic (exact) mass is 386 g/mol. The highest BCUT2D eigenvalue weighted by molar-refractivity contribution is 6.01. The molecule has 152 valence electrons. The standard InChI is InChI=1S/C22H30N2O4/c1-4-27-21(26)22(9-11-24(12-10-22)15-17(3)25)14-19-13-20(23-28-19)18-7-5-16(2)6-8-18/h5-8,19H,4,9-15H2,1-3H3/t19-/m0/s1. The van der Waals surface area contributed by atoms with Gasteiger partial charge in [-0.3, -0.25) is 14.5 Å². The van der Waals surface area contributed by atoms with Crippen molar-refractivity contribution in [3.05, 3.63) is 35.4 Å². The number of ketones is 1. The molecule has 0 amide bonds. The lowest BCUT2D eigenvalue weighted by molar-refractivity contribution is -0.161. The number of aryl methyl sites for hydroxylation is 1. The van der Waals surface area contributed by atoms with Gasteiger partial charge < -0.3 is 9.57 Å². The van der Waals surface area contributed by atoms with Crippen LogP contribution in [0.5, 0.6) is 0 Å². The minimum atomic E-state index is -0.563. The third-order valence-electron chi connectivity index (χ3n) is 5.70. The van der Waals surface area contributed by atoms with Crippen LogP contribution in [0.2, 0.25) is 0 Å². The van der Waals surface area contributed by atoms with Gasteiger partial charge in [0.15, 0.2) is 0 Å². The summed E-state index contributed by atoms with van der Waals surface area (Å²) in [5.41, 5.74) is 2.64. The van der Waals surface area contributed by atoms with Gasteiger partial charge in [-0.15, -0.1) is 0 Å². The van der Waals surface area contributed by atoms with Crippen LogP contribution in [0, 0.1) is 12.3 Å². The van der Waals surface area contributed by atoms with E-state index < -0.39 is 5.41 Å². The van der Waals surface area contributed by atoms with Crippen LogP contribution in [-0.2, 0) is 19.2 Å². The Bertz CT molecular complexity index is 733. The van der Waals surface area contributed by atoms with Crippen molar-refractivity contribution in [2.75, 3.05) is 26.2 Å². The fraction of sp³-hybridized carbons (Fsp3) is 0.591. The molecule has 2 aliphatic heterocycles. The predicted octanol–water partition coefficient (Wildman–Crippen LogP) is 3.11. The summed E-state index contributed by atoms with van der Waals surface area (Å²) in [4.78, 5) is 32.1. The molecule has 0 N–H and O–H groups in total. The van der Waals surface area contributed by atoms with Gasteiger partial charge in [0.2, 0.25) is 0 Å². The first-order chi connectivity index (χ1) is 13.4. The van der Waals surface area contributed by atoms with Crippen LogP contribution in [0.15, 0.2) is 29.4 Å². The van der Waals surface area contributed by atoms with Gasteiger partial charge in [0.05, 0.1) is 24.3 Å². The van der Waals surface area contributed by atoms with Crippen molar-refractivity contribution in [1.29, 1.82) is 0 Å². The SMILES string of the molecule is CCOC(=O)C1(C[C@@H]2CC(c3ccc(C)cc3)=NO2)CCN(CC(C)=O)CC1. The van der Waals surface area contributed by atoms with E-state index in [1.54, 1.807) is 6.92 Å². The zero-order chi connectivity index (χ0) is 20.1. The molecule has 1 atom stereocenters. The van der Waals surface area contributed by atoms with E-state index in [0.29, 0.717) is 38.8 Å². The molecular weight excluding hydrogens is 356 g/mol. The maximum atomic E-state index is 12.8. The van der Waals surface area contributed by atoms with E-state index in [0.717, 1.165) is 24.4 Å². The van der Waals surface area contributed by atoms with Crippen LogP contribution in [-0.4, -0.2) is 54.7 Å². The van der Waals surface area contributed by atoms with E-state index in [1.165, 1.54) is 5.56 Å². The smallest absolute Gasteiger partial charge is 0.312 e. The van der Waals surface area contributed by atoms with E-state index in [4.69, 9.17) is 9.57 Å². The molecule has 28 heavy (non-hydrogen) atoms. The third kappa shape index (κ3) is 4.79. The van der Waals surface area contributed by atoms with Gasteiger partial charge in [-0.1, -0.05) is 35.0 Å². The highest BCUT2D eigenvalue weighted by Crippen LogP contribution is 2.40. The number of esters is 1. The van der Waals surface area contributed by atoms with E-state index in [2.05, 4.69) is 41.2 Å².